The summed E-state index contributed by atoms with van der Waals surface area (Å²) in [7, 11) is 0. The average Bonchev–Trinajstić information content (AvgIpc) is 2.69. The molecule has 70 valence electrons. The molecule has 4 heteroatoms. The molecule has 1 aromatic heterocycles. The molecule has 0 spiro atoms. The van der Waals surface area contributed by atoms with Crippen molar-refractivity contribution in [1.82, 2.24) is 10.2 Å². The van der Waals surface area contributed by atoms with E-state index in [9.17, 15) is 0 Å². The van der Waals surface area contributed by atoms with E-state index in [1.807, 2.05) is 12.1 Å². The second-order valence-electron chi connectivity index (χ2n) is 3.22. The maximum atomic E-state index is 5.27. The van der Waals surface area contributed by atoms with Gasteiger partial charge in [0.1, 0.15) is 5.82 Å². The zero-order valence-electron chi connectivity index (χ0n) is 7.44. The average molecular weight is 179 g/mol. The summed E-state index contributed by atoms with van der Waals surface area (Å²) in [5.74, 6) is 1.47. The van der Waals surface area contributed by atoms with Gasteiger partial charge in [0.05, 0.1) is 6.61 Å². The van der Waals surface area contributed by atoms with Crippen LogP contribution in [0.3, 0.4) is 0 Å². The Morgan fingerprint density at radius 1 is 1.62 bits per heavy atom. The number of nitrogens with zero attached hydrogens (tertiary/aromatic N) is 2. The van der Waals surface area contributed by atoms with Crippen LogP contribution >= 0.6 is 0 Å². The van der Waals surface area contributed by atoms with Crippen LogP contribution in [0.2, 0.25) is 0 Å². The molecular formula is C9H13N3O. The summed E-state index contributed by atoms with van der Waals surface area (Å²) < 4.78 is 5.27. The van der Waals surface area contributed by atoms with E-state index in [4.69, 9.17) is 4.74 Å². The second-order valence-corrected chi connectivity index (χ2v) is 3.22. The Bertz CT molecular complexity index is 246. The van der Waals surface area contributed by atoms with Crippen molar-refractivity contribution in [2.24, 2.45) is 5.92 Å². The highest BCUT2D eigenvalue weighted by atomic mass is 16.5. The SMILES string of the molecule is c1cnnc(NCC2CCOC2)c1. The van der Waals surface area contributed by atoms with Crippen molar-refractivity contribution in [1.29, 1.82) is 0 Å². The van der Waals surface area contributed by atoms with Crippen molar-refractivity contribution in [3.05, 3.63) is 18.3 Å². The van der Waals surface area contributed by atoms with Crippen molar-refractivity contribution in [2.75, 3.05) is 25.1 Å². The predicted molar refractivity (Wildman–Crippen MR) is 49.4 cm³/mol. The van der Waals surface area contributed by atoms with Gasteiger partial charge < -0.3 is 10.1 Å². The first kappa shape index (κ1) is 8.44. The van der Waals surface area contributed by atoms with Crippen LogP contribution in [0.15, 0.2) is 18.3 Å². The van der Waals surface area contributed by atoms with Gasteiger partial charge in [0.2, 0.25) is 0 Å². The van der Waals surface area contributed by atoms with Crippen LogP contribution in [0.1, 0.15) is 6.42 Å². The van der Waals surface area contributed by atoms with E-state index in [1.165, 1.54) is 0 Å². The molecule has 13 heavy (non-hydrogen) atoms. The normalized spacial score (nSPS) is 21.7. The lowest BCUT2D eigenvalue weighted by Crippen LogP contribution is -2.14. The van der Waals surface area contributed by atoms with Crippen molar-refractivity contribution >= 4 is 5.82 Å². The van der Waals surface area contributed by atoms with E-state index >= 15 is 0 Å². The van der Waals surface area contributed by atoms with E-state index in [0.29, 0.717) is 5.92 Å². The van der Waals surface area contributed by atoms with Gasteiger partial charge in [-0.15, -0.1) is 5.10 Å². The molecule has 1 aromatic rings. The highest BCUT2D eigenvalue weighted by molar-refractivity contribution is 5.31. The molecule has 2 heterocycles. The Morgan fingerprint density at radius 3 is 3.31 bits per heavy atom. The Balaban J connectivity index is 1.79. The summed E-state index contributed by atoms with van der Waals surface area (Å²) in [6, 6.07) is 3.79. The van der Waals surface area contributed by atoms with Gasteiger partial charge in [-0.05, 0) is 18.6 Å². The summed E-state index contributed by atoms with van der Waals surface area (Å²) in [4.78, 5) is 0. The maximum absolute atomic E-state index is 5.27. The van der Waals surface area contributed by atoms with Crippen molar-refractivity contribution in [3.8, 4) is 0 Å². The van der Waals surface area contributed by atoms with Gasteiger partial charge in [-0.25, -0.2) is 0 Å². The van der Waals surface area contributed by atoms with Gasteiger partial charge in [0.15, 0.2) is 0 Å². The molecule has 2 rings (SSSR count). The van der Waals surface area contributed by atoms with Crippen LogP contribution in [0.25, 0.3) is 0 Å². The molecule has 0 aliphatic carbocycles. The van der Waals surface area contributed by atoms with E-state index in [-0.39, 0.29) is 0 Å². The summed E-state index contributed by atoms with van der Waals surface area (Å²) in [5.41, 5.74) is 0. The number of ether oxygens (including phenoxy) is 1. The van der Waals surface area contributed by atoms with Crippen LogP contribution in [0.5, 0.6) is 0 Å². The summed E-state index contributed by atoms with van der Waals surface area (Å²) in [6.45, 7) is 2.69. The minimum Gasteiger partial charge on any atom is -0.381 e. The van der Waals surface area contributed by atoms with Gasteiger partial charge in [-0.2, -0.15) is 5.10 Å². The summed E-state index contributed by atoms with van der Waals surface area (Å²) >= 11 is 0. The molecule has 0 radical (unpaired) electrons. The topological polar surface area (TPSA) is 47.0 Å². The number of hydrogen-bond donors (Lipinski definition) is 1. The number of anilines is 1. The third kappa shape index (κ3) is 2.39. The lowest BCUT2D eigenvalue weighted by atomic mass is 10.1. The first-order valence-electron chi connectivity index (χ1n) is 4.54. The zero-order valence-corrected chi connectivity index (χ0v) is 7.44. The summed E-state index contributed by atoms with van der Waals surface area (Å²) in [5, 5.41) is 11.0. The minimum absolute atomic E-state index is 0.627. The third-order valence-electron chi connectivity index (χ3n) is 2.17. The number of aromatic nitrogens is 2. The minimum atomic E-state index is 0.627. The lowest BCUT2D eigenvalue weighted by Gasteiger charge is -2.08. The largest absolute Gasteiger partial charge is 0.381 e. The third-order valence-corrected chi connectivity index (χ3v) is 2.17. The first-order chi connectivity index (χ1) is 6.45. The van der Waals surface area contributed by atoms with Crippen molar-refractivity contribution in [2.45, 2.75) is 6.42 Å². The fourth-order valence-electron chi connectivity index (χ4n) is 1.39. The van der Waals surface area contributed by atoms with Crippen LogP contribution in [0.4, 0.5) is 5.82 Å². The number of rotatable bonds is 3. The highest BCUT2D eigenvalue weighted by Gasteiger charge is 2.14. The van der Waals surface area contributed by atoms with Gasteiger partial charge >= 0.3 is 0 Å². The van der Waals surface area contributed by atoms with Crippen molar-refractivity contribution < 1.29 is 4.74 Å². The molecule has 1 fully saturated rings. The lowest BCUT2D eigenvalue weighted by molar-refractivity contribution is 0.187. The predicted octanol–water partition coefficient (Wildman–Crippen LogP) is 0.925. The van der Waals surface area contributed by atoms with Crippen LogP contribution < -0.4 is 5.32 Å². The maximum Gasteiger partial charge on any atom is 0.148 e. The fraction of sp³-hybridized carbons (Fsp3) is 0.556. The molecule has 1 aliphatic heterocycles. The second kappa shape index (κ2) is 4.18. The fourth-order valence-corrected chi connectivity index (χ4v) is 1.39. The smallest absolute Gasteiger partial charge is 0.148 e. The van der Waals surface area contributed by atoms with Gasteiger partial charge in [0.25, 0.3) is 0 Å². The monoisotopic (exact) mass is 179 g/mol. The Kier molecular flexibility index (Phi) is 2.72. The molecule has 1 N–H and O–H groups in total. The van der Waals surface area contributed by atoms with Gasteiger partial charge in [-0.3, -0.25) is 0 Å². The molecular weight excluding hydrogens is 166 g/mol. The molecule has 1 aliphatic rings. The quantitative estimate of drug-likeness (QED) is 0.749. The molecule has 0 saturated carbocycles. The molecule has 1 atom stereocenters. The Labute approximate surface area is 77.3 Å². The van der Waals surface area contributed by atoms with E-state index in [0.717, 1.165) is 32.0 Å². The van der Waals surface area contributed by atoms with Gasteiger partial charge in [-0.1, -0.05) is 0 Å². The highest BCUT2D eigenvalue weighted by Crippen LogP contribution is 2.12. The Hall–Kier alpha value is -1.16. The van der Waals surface area contributed by atoms with Gasteiger partial charge in [0, 0.05) is 25.3 Å². The molecule has 1 unspecified atom stereocenters. The Morgan fingerprint density at radius 2 is 2.62 bits per heavy atom. The van der Waals surface area contributed by atoms with Crippen LogP contribution in [-0.4, -0.2) is 30.0 Å². The van der Waals surface area contributed by atoms with Crippen LogP contribution in [0, 0.1) is 5.92 Å². The standard InChI is InChI=1S/C9H13N3O/c1-2-9(12-11-4-1)10-6-8-3-5-13-7-8/h1-2,4,8H,3,5-7H2,(H,10,12). The van der Waals surface area contributed by atoms with Crippen molar-refractivity contribution in [3.63, 3.8) is 0 Å². The molecule has 0 amide bonds. The molecule has 1 saturated heterocycles. The van der Waals surface area contributed by atoms with Crippen LogP contribution in [-0.2, 0) is 4.74 Å². The van der Waals surface area contributed by atoms with E-state index in [2.05, 4.69) is 15.5 Å². The van der Waals surface area contributed by atoms with E-state index < -0.39 is 0 Å². The summed E-state index contributed by atoms with van der Waals surface area (Å²) in [6.07, 6.45) is 2.82. The number of nitrogens with one attached hydrogen (secondary N) is 1. The van der Waals surface area contributed by atoms with E-state index in [1.54, 1.807) is 6.20 Å². The molecule has 0 aromatic carbocycles. The first-order valence-corrected chi connectivity index (χ1v) is 4.54. The molecule has 0 bridgehead atoms. The zero-order chi connectivity index (χ0) is 8.93. The molecule has 4 nitrogen and oxygen atoms in total. The number of hydrogen-bond acceptors (Lipinski definition) is 4.